The minimum Gasteiger partial charge on any atom is -0.481 e. The summed E-state index contributed by atoms with van der Waals surface area (Å²) in [5, 5.41) is 10.0. The van der Waals surface area contributed by atoms with Crippen LogP contribution in [0.25, 0.3) is 0 Å². The zero-order valence-electron chi connectivity index (χ0n) is 18.0. The molecular formula is C24H28N2O5. The Bertz CT molecular complexity index is 924. The number of amides is 2. The van der Waals surface area contributed by atoms with Crippen LogP contribution in [0.15, 0.2) is 54.7 Å². The van der Waals surface area contributed by atoms with Crippen LogP contribution in [-0.4, -0.2) is 45.6 Å². The lowest BCUT2D eigenvalue weighted by molar-refractivity contribution is -0.154. The van der Waals surface area contributed by atoms with Gasteiger partial charge in [-0.25, -0.2) is 9.69 Å². The van der Waals surface area contributed by atoms with Gasteiger partial charge in [0.2, 0.25) is 5.91 Å². The average molecular weight is 424 g/mol. The van der Waals surface area contributed by atoms with Crippen LogP contribution in [0, 0.1) is 17.3 Å². The lowest BCUT2D eigenvalue weighted by atomic mass is 9.71. The highest BCUT2D eigenvalue weighted by Crippen LogP contribution is 2.36. The van der Waals surface area contributed by atoms with E-state index in [2.05, 4.69) is 4.98 Å². The van der Waals surface area contributed by atoms with Gasteiger partial charge in [-0.3, -0.25) is 14.6 Å². The summed E-state index contributed by atoms with van der Waals surface area (Å²) in [6.07, 6.45) is 1.44. The van der Waals surface area contributed by atoms with Crippen molar-refractivity contribution in [2.45, 2.75) is 39.7 Å². The van der Waals surface area contributed by atoms with Crippen molar-refractivity contribution in [1.29, 1.82) is 0 Å². The molecule has 0 spiro atoms. The van der Waals surface area contributed by atoms with E-state index in [0.717, 1.165) is 10.5 Å². The first-order valence-electron chi connectivity index (χ1n) is 10.3. The lowest BCUT2D eigenvalue weighted by Gasteiger charge is -2.35. The molecule has 31 heavy (non-hydrogen) atoms. The third-order valence-corrected chi connectivity index (χ3v) is 5.59. The number of aromatic nitrogens is 1. The molecule has 2 amide bonds. The first-order valence-corrected chi connectivity index (χ1v) is 10.3. The van der Waals surface area contributed by atoms with Gasteiger partial charge >= 0.3 is 12.1 Å². The molecule has 0 radical (unpaired) electrons. The predicted molar refractivity (Wildman–Crippen MR) is 114 cm³/mol. The number of carboxylic acid groups (broad SMARTS) is 1. The number of cyclic esters (lactones) is 1. The molecule has 2 heterocycles. The van der Waals surface area contributed by atoms with Gasteiger partial charge in [0.15, 0.2) is 0 Å². The van der Waals surface area contributed by atoms with Crippen molar-refractivity contribution in [3.63, 3.8) is 0 Å². The number of nitrogens with zero attached hydrogens (tertiary/aromatic N) is 2. The molecule has 1 unspecified atom stereocenters. The summed E-state index contributed by atoms with van der Waals surface area (Å²) in [6.45, 7) is 5.44. The number of carboxylic acids is 1. The lowest BCUT2D eigenvalue weighted by Crippen LogP contribution is -2.49. The van der Waals surface area contributed by atoms with E-state index in [1.807, 2.05) is 30.3 Å². The third-order valence-electron chi connectivity index (χ3n) is 5.59. The van der Waals surface area contributed by atoms with Crippen LogP contribution in [0.2, 0.25) is 0 Å². The second-order valence-electron chi connectivity index (χ2n) is 8.94. The molecule has 1 fully saturated rings. The minimum atomic E-state index is -1.08. The van der Waals surface area contributed by atoms with Crippen LogP contribution in [0.3, 0.4) is 0 Å². The Morgan fingerprint density at radius 2 is 1.84 bits per heavy atom. The smallest absolute Gasteiger partial charge is 0.416 e. The van der Waals surface area contributed by atoms with E-state index in [4.69, 9.17) is 4.74 Å². The summed E-state index contributed by atoms with van der Waals surface area (Å²) in [5.41, 5.74) is 0.860. The van der Waals surface area contributed by atoms with E-state index in [9.17, 15) is 19.5 Å². The fourth-order valence-electron chi connectivity index (χ4n) is 4.18. The summed E-state index contributed by atoms with van der Waals surface area (Å²) in [7, 11) is 0. The second-order valence-corrected chi connectivity index (χ2v) is 8.94. The monoisotopic (exact) mass is 424 g/mol. The molecule has 1 N–H and O–H groups in total. The SMILES string of the molecule is CC(C)(C)[C@H](C(=O)O)C(Cc1ccccn1)C(=O)N1C(=O)OC[C@H]1Cc1ccccc1. The second kappa shape index (κ2) is 9.29. The molecular weight excluding hydrogens is 396 g/mol. The molecule has 0 saturated carbocycles. The van der Waals surface area contributed by atoms with E-state index in [1.54, 1.807) is 45.2 Å². The van der Waals surface area contributed by atoms with Crippen molar-refractivity contribution in [3.05, 3.63) is 66.0 Å². The van der Waals surface area contributed by atoms with E-state index in [-0.39, 0.29) is 13.0 Å². The fraction of sp³-hybridized carbons (Fsp3) is 0.417. The molecule has 3 rings (SSSR count). The highest BCUT2D eigenvalue weighted by atomic mass is 16.6. The van der Waals surface area contributed by atoms with E-state index < -0.39 is 41.3 Å². The number of aliphatic carboxylic acids is 1. The minimum absolute atomic E-state index is 0.0863. The standard InChI is InChI=1S/C24H28N2O5/c1-24(2,3)20(22(28)29)19(14-17-11-7-8-12-25-17)21(27)26-18(15-31-23(26)30)13-16-9-5-4-6-10-16/h4-12,18-20H,13-15H2,1-3H3,(H,28,29)/t18-,19?,20+/m1/s1. The highest BCUT2D eigenvalue weighted by molar-refractivity contribution is 5.96. The molecule has 3 atom stereocenters. The number of hydrogen-bond acceptors (Lipinski definition) is 5. The molecule has 1 aliphatic heterocycles. The van der Waals surface area contributed by atoms with Crippen molar-refractivity contribution in [2.24, 2.45) is 17.3 Å². The van der Waals surface area contributed by atoms with Crippen LogP contribution in [-0.2, 0) is 27.2 Å². The van der Waals surface area contributed by atoms with Crippen molar-refractivity contribution >= 4 is 18.0 Å². The van der Waals surface area contributed by atoms with E-state index >= 15 is 0 Å². The number of carbonyl (C=O) groups is 3. The summed E-state index contributed by atoms with van der Waals surface area (Å²) in [5.74, 6) is -3.57. The van der Waals surface area contributed by atoms with Crippen LogP contribution in [0.1, 0.15) is 32.0 Å². The Balaban J connectivity index is 1.95. The summed E-state index contributed by atoms with van der Waals surface area (Å²) < 4.78 is 5.20. The zero-order valence-corrected chi connectivity index (χ0v) is 18.0. The van der Waals surface area contributed by atoms with Gasteiger partial charge in [0, 0.05) is 18.3 Å². The number of benzene rings is 1. The molecule has 2 aromatic rings. The van der Waals surface area contributed by atoms with Gasteiger partial charge in [-0.05, 0) is 29.5 Å². The van der Waals surface area contributed by atoms with Crippen LogP contribution in [0.4, 0.5) is 4.79 Å². The van der Waals surface area contributed by atoms with Gasteiger partial charge in [0.05, 0.1) is 17.9 Å². The molecule has 164 valence electrons. The normalized spacial score (nSPS) is 18.4. The van der Waals surface area contributed by atoms with E-state index in [0.29, 0.717) is 12.1 Å². The Kier molecular flexibility index (Phi) is 6.73. The molecule has 1 aromatic carbocycles. The van der Waals surface area contributed by atoms with Gasteiger partial charge in [-0.1, -0.05) is 57.2 Å². The Morgan fingerprint density at radius 3 is 2.42 bits per heavy atom. The van der Waals surface area contributed by atoms with Crippen molar-refractivity contribution in [3.8, 4) is 0 Å². The Labute approximate surface area is 182 Å². The maximum Gasteiger partial charge on any atom is 0.416 e. The molecule has 1 aliphatic rings. The summed E-state index contributed by atoms with van der Waals surface area (Å²) in [6, 6.07) is 14.3. The number of imide groups is 1. The van der Waals surface area contributed by atoms with Gasteiger partial charge < -0.3 is 9.84 Å². The number of pyridine rings is 1. The Morgan fingerprint density at radius 1 is 1.16 bits per heavy atom. The first-order chi connectivity index (χ1) is 14.7. The molecule has 1 saturated heterocycles. The first kappa shape index (κ1) is 22.5. The van der Waals surface area contributed by atoms with Gasteiger partial charge in [-0.2, -0.15) is 0 Å². The molecule has 7 nitrogen and oxygen atoms in total. The summed E-state index contributed by atoms with van der Waals surface area (Å²) >= 11 is 0. The number of hydrogen-bond donors (Lipinski definition) is 1. The number of ether oxygens (including phenoxy) is 1. The van der Waals surface area contributed by atoms with Crippen molar-refractivity contribution < 1.29 is 24.2 Å². The zero-order chi connectivity index (χ0) is 22.6. The molecule has 0 bridgehead atoms. The largest absolute Gasteiger partial charge is 0.481 e. The molecule has 0 aliphatic carbocycles. The van der Waals surface area contributed by atoms with Crippen LogP contribution in [0.5, 0.6) is 0 Å². The highest BCUT2D eigenvalue weighted by Gasteiger charge is 2.48. The van der Waals surface area contributed by atoms with Gasteiger partial charge in [0.1, 0.15) is 6.61 Å². The number of carbonyl (C=O) groups excluding carboxylic acids is 2. The van der Waals surface area contributed by atoms with E-state index in [1.165, 1.54) is 0 Å². The maximum absolute atomic E-state index is 13.7. The predicted octanol–water partition coefficient (Wildman–Crippen LogP) is 3.58. The third kappa shape index (κ3) is 5.29. The molecule has 1 aromatic heterocycles. The van der Waals surface area contributed by atoms with Crippen LogP contribution < -0.4 is 0 Å². The summed E-state index contributed by atoms with van der Waals surface area (Å²) in [4.78, 5) is 43.9. The van der Waals surface area contributed by atoms with Gasteiger partial charge in [-0.15, -0.1) is 0 Å². The quantitative estimate of drug-likeness (QED) is 0.730. The Hall–Kier alpha value is -3.22. The van der Waals surface area contributed by atoms with Crippen molar-refractivity contribution in [2.75, 3.05) is 6.61 Å². The average Bonchev–Trinajstić information content (AvgIpc) is 3.07. The topological polar surface area (TPSA) is 96.8 Å². The molecule has 7 heteroatoms. The van der Waals surface area contributed by atoms with Crippen LogP contribution >= 0.6 is 0 Å². The number of rotatable bonds is 7. The maximum atomic E-state index is 13.7. The van der Waals surface area contributed by atoms with Crippen molar-refractivity contribution in [1.82, 2.24) is 9.88 Å². The fourth-order valence-corrected chi connectivity index (χ4v) is 4.18. The van der Waals surface area contributed by atoms with Gasteiger partial charge in [0.25, 0.3) is 0 Å².